The van der Waals surface area contributed by atoms with Gasteiger partial charge in [0, 0.05) is 22.8 Å². The van der Waals surface area contributed by atoms with Gasteiger partial charge in [0.1, 0.15) is 0 Å². The molecular weight excluding hydrogens is 386 g/mol. The molecule has 2 amide bonds. The molecule has 0 atom stereocenters. The van der Waals surface area contributed by atoms with Gasteiger partial charge in [-0.1, -0.05) is 44.2 Å². The Morgan fingerprint density at radius 1 is 0.935 bits per heavy atom. The fourth-order valence-electron chi connectivity index (χ4n) is 3.86. The molecule has 5 heteroatoms. The van der Waals surface area contributed by atoms with Crippen molar-refractivity contribution in [1.82, 2.24) is 9.88 Å². The summed E-state index contributed by atoms with van der Waals surface area (Å²) in [6.07, 6.45) is 0. The van der Waals surface area contributed by atoms with Crippen LogP contribution in [0.1, 0.15) is 58.2 Å². The van der Waals surface area contributed by atoms with E-state index in [9.17, 15) is 9.59 Å². The van der Waals surface area contributed by atoms with E-state index in [0.717, 1.165) is 33.9 Å². The zero-order valence-electron chi connectivity index (χ0n) is 19.2. The third kappa shape index (κ3) is 4.88. The summed E-state index contributed by atoms with van der Waals surface area (Å²) in [5, 5.41) is 5.66. The Morgan fingerprint density at radius 3 is 2.23 bits per heavy atom. The van der Waals surface area contributed by atoms with Gasteiger partial charge in [-0.05, 0) is 68.5 Å². The predicted molar refractivity (Wildman–Crippen MR) is 126 cm³/mol. The summed E-state index contributed by atoms with van der Waals surface area (Å²) in [5.41, 5.74) is 7.47. The van der Waals surface area contributed by atoms with Crippen molar-refractivity contribution in [2.24, 2.45) is 0 Å². The number of amides is 2. The lowest BCUT2D eigenvalue weighted by atomic mass is 10.0. The average Bonchev–Trinajstić information content (AvgIpc) is 3.03. The van der Waals surface area contributed by atoms with E-state index in [0.29, 0.717) is 11.5 Å². The Labute approximate surface area is 184 Å². The molecule has 0 bridgehead atoms. The van der Waals surface area contributed by atoms with Gasteiger partial charge >= 0.3 is 0 Å². The highest BCUT2D eigenvalue weighted by molar-refractivity contribution is 6.00. The number of hydrogen-bond acceptors (Lipinski definition) is 2. The molecule has 0 aliphatic rings. The smallest absolute Gasteiger partial charge is 0.253 e. The van der Waals surface area contributed by atoms with E-state index in [1.165, 1.54) is 5.56 Å². The maximum Gasteiger partial charge on any atom is 0.253 e. The molecule has 1 heterocycles. The number of anilines is 1. The van der Waals surface area contributed by atoms with Gasteiger partial charge in [0.15, 0.2) is 0 Å². The molecule has 1 aromatic heterocycles. The van der Waals surface area contributed by atoms with Crippen molar-refractivity contribution in [3.63, 3.8) is 0 Å². The number of aryl methyl sites for hydroxylation is 3. The molecule has 0 saturated carbocycles. The Hall–Kier alpha value is -3.34. The molecule has 0 saturated heterocycles. The third-order valence-electron chi connectivity index (χ3n) is 5.63. The van der Waals surface area contributed by atoms with Crippen molar-refractivity contribution in [3.8, 4) is 5.69 Å². The van der Waals surface area contributed by atoms with Gasteiger partial charge in [-0.2, -0.15) is 0 Å². The van der Waals surface area contributed by atoms with E-state index in [4.69, 9.17) is 0 Å². The number of rotatable bonds is 6. The van der Waals surface area contributed by atoms with Crippen LogP contribution in [0.25, 0.3) is 5.69 Å². The van der Waals surface area contributed by atoms with E-state index >= 15 is 0 Å². The minimum absolute atomic E-state index is 0.0842. The summed E-state index contributed by atoms with van der Waals surface area (Å²) in [6.45, 7) is 12.1. The van der Waals surface area contributed by atoms with Crippen LogP contribution in [0.2, 0.25) is 0 Å². The van der Waals surface area contributed by atoms with Crippen LogP contribution in [0.5, 0.6) is 0 Å². The molecule has 0 spiro atoms. The number of carbonyl (C=O) groups excluding carboxylic acids is 2. The summed E-state index contributed by atoms with van der Waals surface area (Å²) in [6, 6.07) is 16.1. The Morgan fingerprint density at radius 2 is 1.58 bits per heavy atom. The summed E-state index contributed by atoms with van der Waals surface area (Å²) in [7, 11) is 0. The Bertz CT molecular complexity index is 1110. The molecule has 31 heavy (non-hydrogen) atoms. The van der Waals surface area contributed by atoms with E-state index in [1.807, 2.05) is 64.1 Å². The largest absolute Gasteiger partial charge is 0.343 e. The number of nitrogens with one attached hydrogen (secondary N) is 2. The van der Waals surface area contributed by atoms with Gasteiger partial charge in [0.25, 0.3) is 5.91 Å². The maximum absolute atomic E-state index is 12.8. The van der Waals surface area contributed by atoms with Crippen LogP contribution in [0, 0.1) is 27.7 Å². The number of hydrogen-bond donors (Lipinski definition) is 2. The number of aromatic nitrogens is 1. The number of nitrogens with zero attached hydrogens (tertiary/aromatic N) is 1. The molecule has 162 valence electrons. The normalized spacial score (nSPS) is 10.9. The molecular formula is C26H31N3O2. The van der Waals surface area contributed by atoms with Crippen LogP contribution in [0.3, 0.4) is 0 Å². The van der Waals surface area contributed by atoms with Crippen LogP contribution in [0.15, 0.2) is 48.5 Å². The monoisotopic (exact) mass is 417 g/mol. The third-order valence-corrected chi connectivity index (χ3v) is 5.63. The Kier molecular flexibility index (Phi) is 6.64. The second-order valence-electron chi connectivity index (χ2n) is 8.37. The molecule has 0 aliphatic heterocycles. The van der Waals surface area contributed by atoms with E-state index in [1.54, 1.807) is 0 Å². The van der Waals surface area contributed by atoms with Gasteiger partial charge in [0.05, 0.1) is 12.1 Å². The minimum atomic E-state index is -0.254. The lowest BCUT2D eigenvalue weighted by Gasteiger charge is -2.13. The average molecular weight is 418 g/mol. The van der Waals surface area contributed by atoms with E-state index < -0.39 is 0 Å². The zero-order valence-corrected chi connectivity index (χ0v) is 19.2. The standard InChI is InChI=1S/C26H31N3O2/c1-16(2)21-11-8-12-22(14-21)29-19(5)13-23(20(29)6)26(31)27-15-24(30)28-25-17(3)9-7-10-18(25)4/h7-14,16H,15H2,1-6H3,(H,27,31)(H,28,30). The maximum atomic E-state index is 12.8. The van der Waals surface area contributed by atoms with Crippen LogP contribution < -0.4 is 10.6 Å². The molecule has 2 aromatic carbocycles. The molecule has 5 nitrogen and oxygen atoms in total. The fraction of sp³-hybridized carbons (Fsp3) is 0.308. The highest BCUT2D eigenvalue weighted by atomic mass is 16.2. The highest BCUT2D eigenvalue weighted by Gasteiger charge is 2.18. The quantitative estimate of drug-likeness (QED) is 0.579. The first-order chi connectivity index (χ1) is 14.7. The van der Waals surface area contributed by atoms with Crippen LogP contribution in [-0.4, -0.2) is 22.9 Å². The van der Waals surface area contributed by atoms with Crippen molar-refractivity contribution in [2.75, 3.05) is 11.9 Å². The van der Waals surface area contributed by atoms with Gasteiger partial charge in [0.2, 0.25) is 5.91 Å². The van der Waals surface area contributed by atoms with Crippen molar-refractivity contribution in [3.05, 3.63) is 82.2 Å². The molecule has 3 aromatic rings. The van der Waals surface area contributed by atoms with Gasteiger partial charge in [-0.25, -0.2) is 0 Å². The summed E-state index contributed by atoms with van der Waals surface area (Å²) in [5.74, 6) is -0.0745. The zero-order chi connectivity index (χ0) is 22.7. The topological polar surface area (TPSA) is 63.1 Å². The lowest BCUT2D eigenvalue weighted by Crippen LogP contribution is -2.33. The summed E-state index contributed by atoms with van der Waals surface area (Å²) in [4.78, 5) is 25.2. The number of carbonyl (C=O) groups is 2. The molecule has 0 fully saturated rings. The second kappa shape index (κ2) is 9.21. The molecule has 0 radical (unpaired) electrons. The number of benzene rings is 2. The summed E-state index contributed by atoms with van der Waals surface area (Å²) < 4.78 is 2.08. The first-order valence-corrected chi connectivity index (χ1v) is 10.6. The van der Waals surface area contributed by atoms with Crippen LogP contribution in [0.4, 0.5) is 5.69 Å². The van der Waals surface area contributed by atoms with Crippen molar-refractivity contribution >= 4 is 17.5 Å². The molecule has 0 unspecified atom stereocenters. The van der Waals surface area contributed by atoms with Gasteiger partial charge in [-0.3, -0.25) is 9.59 Å². The van der Waals surface area contributed by atoms with E-state index in [2.05, 4.69) is 41.2 Å². The highest BCUT2D eigenvalue weighted by Crippen LogP contribution is 2.24. The van der Waals surface area contributed by atoms with Crippen molar-refractivity contribution < 1.29 is 9.59 Å². The SMILES string of the molecule is Cc1cccc(C)c1NC(=O)CNC(=O)c1cc(C)n(-c2cccc(C(C)C)c2)c1C. The van der Waals surface area contributed by atoms with Crippen LogP contribution in [-0.2, 0) is 4.79 Å². The van der Waals surface area contributed by atoms with E-state index in [-0.39, 0.29) is 18.4 Å². The van der Waals surface area contributed by atoms with Gasteiger partial charge < -0.3 is 15.2 Å². The molecule has 3 rings (SSSR count). The van der Waals surface area contributed by atoms with Gasteiger partial charge in [-0.15, -0.1) is 0 Å². The number of para-hydroxylation sites is 1. The second-order valence-corrected chi connectivity index (χ2v) is 8.37. The first kappa shape index (κ1) is 22.3. The van der Waals surface area contributed by atoms with Crippen molar-refractivity contribution in [2.45, 2.75) is 47.5 Å². The van der Waals surface area contributed by atoms with Crippen molar-refractivity contribution in [1.29, 1.82) is 0 Å². The first-order valence-electron chi connectivity index (χ1n) is 10.6. The Balaban J connectivity index is 1.74. The minimum Gasteiger partial charge on any atom is -0.343 e. The summed E-state index contributed by atoms with van der Waals surface area (Å²) >= 11 is 0. The van der Waals surface area contributed by atoms with Crippen LogP contribution >= 0.6 is 0 Å². The fourth-order valence-corrected chi connectivity index (χ4v) is 3.86. The molecule has 2 N–H and O–H groups in total. The molecule has 0 aliphatic carbocycles. The predicted octanol–water partition coefficient (Wildman–Crippen LogP) is 5.20. The lowest BCUT2D eigenvalue weighted by molar-refractivity contribution is -0.115.